The molecular weight excluding hydrogens is 458 g/mol. The number of amides is 1. The van der Waals surface area contributed by atoms with Crippen molar-refractivity contribution in [3.05, 3.63) is 88.9 Å². The summed E-state index contributed by atoms with van der Waals surface area (Å²) in [4.78, 5) is 38.8. The van der Waals surface area contributed by atoms with E-state index in [1.54, 1.807) is 17.0 Å². The van der Waals surface area contributed by atoms with Gasteiger partial charge in [0.2, 0.25) is 5.91 Å². The molecule has 1 fully saturated rings. The van der Waals surface area contributed by atoms with Crippen LogP contribution < -0.4 is 4.90 Å². The second kappa shape index (κ2) is 9.27. The largest absolute Gasteiger partial charge is 0.457 e. The number of hydrogen-bond acceptors (Lipinski definition) is 4. The fourth-order valence-electron chi connectivity index (χ4n) is 3.55. The van der Waals surface area contributed by atoms with Crippen LogP contribution in [0.2, 0.25) is 0 Å². The Hall–Kier alpha value is -3.25. The van der Waals surface area contributed by atoms with Crippen LogP contribution in [0.5, 0.6) is 0 Å². The highest BCUT2D eigenvalue weighted by Crippen LogP contribution is 2.27. The molecule has 6 heteroatoms. The molecule has 156 valence electrons. The van der Waals surface area contributed by atoms with Crippen LogP contribution >= 0.6 is 15.9 Å². The van der Waals surface area contributed by atoms with Gasteiger partial charge in [0, 0.05) is 28.7 Å². The third-order valence-corrected chi connectivity index (χ3v) is 5.78. The lowest BCUT2D eigenvalue weighted by atomic mass is 10.0. The van der Waals surface area contributed by atoms with Gasteiger partial charge >= 0.3 is 5.97 Å². The van der Waals surface area contributed by atoms with Crippen molar-refractivity contribution in [2.75, 3.05) is 18.1 Å². The summed E-state index contributed by atoms with van der Waals surface area (Å²) in [6.45, 7) is -0.0915. The Morgan fingerprint density at radius 1 is 0.903 bits per heavy atom. The number of Topliss-reactive ketones (excluding diaryl/α,β-unsaturated/α-hetero) is 1. The minimum Gasteiger partial charge on any atom is -0.457 e. The van der Waals surface area contributed by atoms with E-state index in [0.717, 1.165) is 21.3 Å². The summed E-state index contributed by atoms with van der Waals surface area (Å²) in [6.07, 6.45) is 0.0782. The number of carbonyl (C=O) groups excluding carboxylic acids is 3. The Morgan fingerprint density at radius 3 is 2.23 bits per heavy atom. The maximum atomic E-state index is 12.4. The second-order valence-electron chi connectivity index (χ2n) is 7.36. The van der Waals surface area contributed by atoms with Crippen molar-refractivity contribution in [1.29, 1.82) is 0 Å². The fourth-order valence-corrected chi connectivity index (χ4v) is 3.82. The van der Waals surface area contributed by atoms with E-state index in [-0.39, 0.29) is 31.3 Å². The predicted molar refractivity (Wildman–Crippen MR) is 122 cm³/mol. The van der Waals surface area contributed by atoms with Crippen LogP contribution in [0.25, 0.3) is 11.1 Å². The molecular formula is C25H20BrNO4. The Labute approximate surface area is 188 Å². The Morgan fingerprint density at radius 2 is 1.55 bits per heavy atom. The number of carbonyl (C=O) groups is 3. The lowest BCUT2D eigenvalue weighted by Crippen LogP contribution is -2.27. The van der Waals surface area contributed by atoms with Crippen LogP contribution in [-0.4, -0.2) is 30.8 Å². The van der Waals surface area contributed by atoms with Crippen LogP contribution in [0, 0.1) is 5.92 Å². The van der Waals surface area contributed by atoms with E-state index >= 15 is 0 Å². The first-order valence-electron chi connectivity index (χ1n) is 9.92. The summed E-state index contributed by atoms with van der Waals surface area (Å²) in [5, 5.41) is 0. The molecule has 31 heavy (non-hydrogen) atoms. The van der Waals surface area contributed by atoms with Crippen molar-refractivity contribution in [1.82, 2.24) is 0 Å². The summed E-state index contributed by atoms with van der Waals surface area (Å²) in [5.41, 5.74) is 3.28. The summed E-state index contributed by atoms with van der Waals surface area (Å²) in [5.74, 6) is -1.51. The topological polar surface area (TPSA) is 63.7 Å². The lowest BCUT2D eigenvalue weighted by Gasteiger charge is -2.16. The number of ketones is 1. The van der Waals surface area contributed by atoms with E-state index in [9.17, 15) is 14.4 Å². The number of ether oxygens (including phenoxy) is 1. The molecule has 1 aliphatic rings. The molecule has 3 aromatic rings. The SMILES string of the molecule is O=C(COC(=O)[C@H]1CC(=O)N(c2ccc(Br)cc2)C1)c1ccc(-c2ccccc2)cc1. The van der Waals surface area contributed by atoms with Gasteiger partial charge in [-0.2, -0.15) is 0 Å². The van der Waals surface area contributed by atoms with Gasteiger partial charge < -0.3 is 9.64 Å². The Bertz CT molecular complexity index is 1090. The molecule has 5 nitrogen and oxygen atoms in total. The molecule has 0 N–H and O–H groups in total. The first-order valence-corrected chi connectivity index (χ1v) is 10.7. The molecule has 1 saturated heterocycles. The molecule has 1 heterocycles. The molecule has 1 atom stereocenters. The van der Waals surface area contributed by atoms with Crippen LogP contribution in [0.3, 0.4) is 0 Å². The number of rotatable bonds is 6. The van der Waals surface area contributed by atoms with E-state index in [4.69, 9.17) is 4.74 Å². The maximum absolute atomic E-state index is 12.4. The van der Waals surface area contributed by atoms with E-state index in [1.807, 2.05) is 66.7 Å². The van der Waals surface area contributed by atoms with Crippen molar-refractivity contribution in [2.45, 2.75) is 6.42 Å². The highest BCUT2D eigenvalue weighted by molar-refractivity contribution is 9.10. The Balaban J connectivity index is 1.33. The average Bonchev–Trinajstić information content (AvgIpc) is 3.20. The predicted octanol–water partition coefficient (Wildman–Crippen LogP) is 4.90. The number of hydrogen-bond donors (Lipinski definition) is 0. The molecule has 0 unspecified atom stereocenters. The maximum Gasteiger partial charge on any atom is 0.311 e. The number of nitrogens with zero attached hydrogens (tertiary/aromatic N) is 1. The molecule has 0 aromatic heterocycles. The van der Waals surface area contributed by atoms with E-state index < -0.39 is 11.9 Å². The molecule has 0 spiro atoms. The molecule has 0 saturated carbocycles. The van der Waals surface area contributed by atoms with Crippen molar-refractivity contribution in [2.24, 2.45) is 5.92 Å². The standard InChI is InChI=1S/C25H20BrNO4/c26-21-10-12-22(13-11-21)27-15-20(14-24(27)29)25(30)31-16-23(28)19-8-6-18(7-9-19)17-4-2-1-3-5-17/h1-13,20H,14-16H2/t20-/m0/s1. The van der Waals surface area contributed by atoms with Gasteiger partial charge in [0.05, 0.1) is 5.92 Å². The van der Waals surface area contributed by atoms with Gasteiger partial charge in [-0.3, -0.25) is 14.4 Å². The highest BCUT2D eigenvalue weighted by atomic mass is 79.9. The zero-order valence-electron chi connectivity index (χ0n) is 16.7. The molecule has 0 aliphatic carbocycles. The molecule has 4 rings (SSSR count). The number of esters is 1. The lowest BCUT2D eigenvalue weighted by molar-refractivity contribution is -0.147. The summed E-state index contributed by atoms with van der Waals surface area (Å²) >= 11 is 3.36. The smallest absolute Gasteiger partial charge is 0.311 e. The quantitative estimate of drug-likeness (QED) is 0.374. The van der Waals surface area contributed by atoms with E-state index in [0.29, 0.717) is 5.56 Å². The number of halogens is 1. The van der Waals surface area contributed by atoms with Gasteiger partial charge in [0.1, 0.15) is 0 Å². The third kappa shape index (κ3) is 4.91. The number of anilines is 1. The monoisotopic (exact) mass is 477 g/mol. The highest BCUT2D eigenvalue weighted by Gasteiger charge is 2.36. The summed E-state index contributed by atoms with van der Waals surface area (Å²) in [6, 6.07) is 24.4. The van der Waals surface area contributed by atoms with Crippen LogP contribution in [0.4, 0.5) is 5.69 Å². The second-order valence-corrected chi connectivity index (χ2v) is 8.27. The fraction of sp³-hybridized carbons (Fsp3) is 0.160. The van der Waals surface area contributed by atoms with Gasteiger partial charge in [-0.1, -0.05) is 70.5 Å². The van der Waals surface area contributed by atoms with Crippen molar-refractivity contribution in [3.63, 3.8) is 0 Å². The van der Waals surface area contributed by atoms with Gasteiger partial charge in [0.15, 0.2) is 12.4 Å². The minimum atomic E-state index is -0.579. The molecule has 1 amide bonds. The average molecular weight is 478 g/mol. The molecule has 3 aromatic carbocycles. The van der Waals surface area contributed by atoms with Gasteiger partial charge in [0.25, 0.3) is 0 Å². The third-order valence-electron chi connectivity index (χ3n) is 5.26. The molecule has 0 radical (unpaired) electrons. The van der Waals surface area contributed by atoms with Crippen LogP contribution in [0.1, 0.15) is 16.8 Å². The minimum absolute atomic E-state index is 0.0782. The van der Waals surface area contributed by atoms with Crippen molar-refractivity contribution >= 4 is 39.3 Å². The zero-order valence-corrected chi connectivity index (χ0v) is 18.2. The number of benzene rings is 3. The first kappa shape index (κ1) is 21.0. The van der Waals surface area contributed by atoms with Crippen LogP contribution in [-0.2, 0) is 14.3 Å². The molecule has 1 aliphatic heterocycles. The molecule has 0 bridgehead atoms. The van der Waals surface area contributed by atoms with Crippen molar-refractivity contribution < 1.29 is 19.1 Å². The van der Waals surface area contributed by atoms with Crippen LogP contribution in [0.15, 0.2) is 83.3 Å². The summed E-state index contributed by atoms with van der Waals surface area (Å²) < 4.78 is 6.15. The summed E-state index contributed by atoms with van der Waals surface area (Å²) in [7, 11) is 0. The van der Waals surface area contributed by atoms with Gasteiger partial charge in [-0.25, -0.2) is 0 Å². The first-order chi connectivity index (χ1) is 15.0. The zero-order chi connectivity index (χ0) is 21.8. The van der Waals surface area contributed by atoms with E-state index in [2.05, 4.69) is 15.9 Å². The van der Waals surface area contributed by atoms with E-state index in [1.165, 1.54) is 0 Å². The van der Waals surface area contributed by atoms with Gasteiger partial charge in [-0.05, 0) is 35.4 Å². The van der Waals surface area contributed by atoms with Gasteiger partial charge in [-0.15, -0.1) is 0 Å². The normalized spacial score (nSPS) is 15.7. The van der Waals surface area contributed by atoms with Crippen molar-refractivity contribution in [3.8, 4) is 11.1 Å². The Kier molecular flexibility index (Phi) is 6.28.